The molecule has 1 rings (SSSR count). The number of benzene rings is 1. The van der Waals surface area contributed by atoms with Crippen LogP contribution in [0, 0.1) is 0 Å². The molecule has 0 aliphatic rings. The Morgan fingerprint density at radius 1 is 1.35 bits per heavy atom. The van der Waals surface area contributed by atoms with Crippen LogP contribution in [0.1, 0.15) is 36.2 Å². The molecule has 2 N–H and O–H groups in total. The first-order valence-electron chi connectivity index (χ1n) is 7.22. The Hall–Kier alpha value is -1.39. The van der Waals surface area contributed by atoms with Crippen molar-refractivity contribution >= 4 is 5.91 Å². The highest BCUT2D eigenvalue weighted by Crippen LogP contribution is 2.12. The third-order valence-electron chi connectivity index (χ3n) is 3.55. The second-order valence-electron chi connectivity index (χ2n) is 4.98. The molecule has 0 bridgehead atoms. The van der Waals surface area contributed by atoms with Crippen LogP contribution in [0.25, 0.3) is 0 Å². The standard InChI is InChI=1S/C16H26N2O2/c1-4-13(2)18(11-12-20-3)16(19)15-7-5-14(6-8-15)9-10-17/h5-8,13H,4,9-12,17H2,1-3H3. The van der Waals surface area contributed by atoms with E-state index in [9.17, 15) is 4.79 Å². The first-order valence-corrected chi connectivity index (χ1v) is 7.22. The summed E-state index contributed by atoms with van der Waals surface area (Å²) in [7, 11) is 1.65. The first-order chi connectivity index (χ1) is 9.63. The third kappa shape index (κ3) is 4.62. The maximum Gasteiger partial charge on any atom is 0.254 e. The zero-order chi connectivity index (χ0) is 15.0. The Labute approximate surface area is 121 Å². The van der Waals surface area contributed by atoms with Crippen molar-refractivity contribution in [2.75, 3.05) is 26.8 Å². The van der Waals surface area contributed by atoms with Crippen LogP contribution in [0.3, 0.4) is 0 Å². The number of amides is 1. The van der Waals surface area contributed by atoms with Gasteiger partial charge in [-0.3, -0.25) is 4.79 Å². The minimum Gasteiger partial charge on any atom is -0.383 e. The van der Waals surface area contributed by atoms with Crippen molar-refractivity contribution in [2.24, 2.45) is 5.73 Å². The van der Waals surface area contributed by atoms with Crippen LogP contribution in [-0.4, -0.2) is 43.7 Å². The highest BCUT2D eigenvalue weighted by atomic mass is 16.5. The molecule has 1 aromatic carbocycles. The van der Waals surface area contributed by atoms with E-state index in [0.717, 1.165) is 24.0 Å². The van der Waals surface area contributed by atoms with Gasteiger partial charge in [0.15, 0.2) is 0 Å². The van der Waals surface area contributed by atoms with Gasteiger partial charge in [0.1, 0.15) is 0 Å². The molecule has 0 aromatic heterocycles. The van der Waals surface area contributed by atoms with E-state index in [1.807, 2.05) is 29.2 Å². The summed E-state index contributed by atoms with van der Waals surface area (Å²) in [6.07, 6.45) is 1.77. The second kappa shape index (κ2) is 8.72. The van der Waals surface area contributed by atoms with E-state index in [1.54, 1.807) is 7.11 Å². The first kappa shape index (κ1) is 16.7. The summed E-state index contributed by atoms with van der Waals surface area (Å²) in [5, 5.41) is 0. The minimum absolute atomic E-state index is 0.0655. The molecule has 0 radical (unpaired) electrons. The van der Waals surface area contributed by atoms with Crippen molar-refractivity contribution in [3.05, 3.63) is 35.4 Å². The number of carbonyl (C=O) groups is 1. The summed E-state index contributed by atoms with van der Waals surface area (Å²) in [6, 6.07) is 7.93. The number of carbonyl (C=O) groups excluding carboxylic acids is 1. The molecule has 0 aliphatic carbocycles. The highest BCUT2D eigenvalue weighted by Gasteiger charge is 2.19. The van der Waals surface area contributed by atoms with Crippen LogP contribution in [0.2, 0.25) is 0 Å². The minimum atomic E-state index is 0.0655. The summed E-state index contributed by atoms with van der Waals surface area (Å²) >= 11 is 0. The van der Waals surface area contributed by atoms with Crippen LogP contribution in [-0.2, 0) is 11.2 Å². The Morgan fingerprint density at radius 2 is 2.00 bits per heavy atom. The lowest BCUT2D eigenvalue weighted by atomic mass is 10.1. The number of hydrogen-bond acceptors (Lipinski definition) is 3. The Kier molecular flexibility index (Phi) is 7.26. The van der Waals surface area contributed by atoms with Gasteiger partial charge >= 0.3 is 0 Å². The van der Waals surface area contributed by atoms with Gasteiger partial charge in [-0.15, -0.1) is 0 Å². The highest BCUT2D eigenvalue weighted by molar-refractivity contribution is 5.94. The smallest absolute Gasteiger partial charge is 0.254 e. The average molecular weight is 278 g/mol. The molecule has 1 amide bonds. The van der Waals surface area contributed by atoms with Crippen molar-refractivity contribution in [1.29, 1.82) is 0 Å². The van der Waals surface area contributed by atoms with Gasteiger partial charge in [0.05, 0.1) is 6.61 Å². The van der Waals surface area contributed by atoms with Gasteiger partial charge in [0.25, 0.3) is 5.91 Å². The molecule has 112 valence electrons. The van der Waals surface area contributed by atoms with Crippen LogP contribution in [0.4, 0.5) is 0 Å². The van der Waals surface area contributed by atoms with E-state index in [2.05, 4.69) is 13.8 Å². The van der Waals surface area contributed by atoms with Gasteiger partial charge in [0, 0.05) is 25.3 Å². The van der Waals surface area contributed by atoms with Gasteiger partial charge in [-0.2, -0.15) is 0 Å². The van der Waals surface area contributed by atoms with Crippen molar-refractivity contribution in [2.45, 2.75) is 32.7 Å². The average Bonchev–Trinajstić information content (AvgIpc) is 2.48. The number of methoxy groups -OCH3 is 1. The maximum absolute atomic E-state index is 12.6. The van der Waals surface area contributed by atoms with Gasteiger partial charge in [-0.1, -0.05) is 19.1 Å². The topological polar surface area (TPSA) is 55.6 Å². The molecule has 1 aromatic rings. The van der Waals surface area contributed by atoms with Crippen LogP contribution in [0.15, 0.2) is 24.3 Å². The molecule has 0 spiro atoms. The molecule has 0 aliphatic heterocycles. The molecule has 0 heterocycles. The molecule has 0 fully saturated rings. The Balaban J connectivity index is 2.82. The van der Waals surface area contributed by atoms with E-state index in [1.165, 1.54) is 0 Å². The van der Waals surface area contributed by atoms with E-state index >= 15 is 0 Å². The van der Waals surface area contributed by atoms with Gasteiger partial charge in [-0.05, 0) is 44.0 Å². The molecule has 20 heavy (non-hydrogen) atoms. The number of hydrogen-bond donors (Lipinski definition) is 1. The second-order valence-corrected chi connectivity index (χ2v) is 4.98. The van der Waals surface area contributed by atoms with Gasteiger partial charge in [0.2, 0.25) is 0 Å². The largest absolute Gasteiger partial charge is 0.383 e. The van der Waals surface area contributed by atoms with Crippen LogP contribution < -0.4 is 5.73 Å². The quantitative estimate of drug-likeness (QED) is 0.792. The number of nitrogens with two attached hydrogens (primary N) is 1. The molecule has 4 nitrogen and oxygen atoms in total. The van der Waals surface area contributed by atoms with Crippen molar-refractivity contribution in [3.8, 4) is 0 Å². The summed E-state index contributed by atoms with van der Waals surface area (Å²) in [5.41, 5.74) is 7.42. The Morgan fingerprint density at radius 3 is 2.50 bits per heavy atom. The predicted molar refractivity (Wildman–Crippen MR) is 81.9 cm³/mol. The van der Waals surface area contributed by atoms with Gasteiger partial charge < -0.3 is 15.4 Å². The zero-order valence-electron chi connectivity index (χ0n) is 12.8. The third-order valence-corrected chi connectivity index (χ3v) is 3.55. The van der Waals surface area contributed by atoms with Crippen molar-refractivity contribution in [1.82, 2.24) is 4.90 Å². The molecule has 4 heteroatoms. The lowest BCUT2D eigenvalue weighted by molar-refractivity contribution is 0.0614. The molecule has 0 saturated heterocycles. The fraction of sp³-hybridized carbons (Fsp3) is 0.562. The summed E-state index contributed by atoms with van der Waals surface area (Å²) < 4.78 is 5.10. The summed E-state index contributed by atoms with van der Waals surface area (Å²) in [6.45, 7) is 5.95. The SMILES string of the molecule is CCC(C)N(CCOC)C(=O)c1ccc(CCN)cc1. The van der Waals surface area contributed by atoms with Crippen molar-refractivity contribution < 1.29 is 9.53 Å². The fourth-order valence-electron chi connectivity index (χ4n) is 2.08. The van der Waals surface area contributed by atoms with Crippen molar-refractivity contribution in [3.63, 3.8) is 0 Å². The van der Waals surface area contributed by atoms with E-state index in [4.69, 9.17) is 10.5 Å². The van der Waals surface area contributed by atoms with E-state index in [-0.39, 0.29) is 11.9 Å². The fourth-order valence-corrected chi connectivity index (χ4v) is 2.08. The monoisotopic (exact) mass is 278 g/mol. The molecular formula is C16H26N2O2. The molecule has 1 unspecified atom stereocenters. The van der Waals surface area contributed by atoms with E-state index < -0.39 is 0 Å². The number of rotatable bonds is 8. The molecule has 1 atom stereocenters. The van der Waals surface area contributed by atoms with Gasteiger partial charge in [-0.25, -0.2) is 0 Å². The lowest BCUT2D eigenvalue weighted by Gasteiger charge is -2.28. The normalized spacial score (nSPS) is 12.2. The Bertz CT molecular complexity index is 403. The van der Waals surface area contributed by atoms with E-state index in [0.29, 0.717) is 19.7 Å². The van der Waals surface area contributed by atoms with Crippen LogP contribution in [0.5, 0.6) is 0 Å². The zero-order valence-corrected chi connectivity index (χ0v) is 12.8. The number of nitrogens with zero attached hydrogens (tertiary/aromatic N) is 1. The summed E-state index contributed by atoms with van der Waals surface area (Å²) in [5.74, 6) is 0.0655. The predicted octanol–water partition coefficient (Wildman–Crippen LogP) is 2.07. The number of ether oxygens (including phenoxy) is 1. The molecular weight excluding hydrogens is 252 g/mol. The lowest BCUT2D eigenvalue weighted by Crippen LogP contribution is -2.40. The maximum atomic E-state index is 12.6. The summed E-state index contributed by atoms with van der Waals surface area (Å²) in [4.78, 5) is 14.4. The van der Waals surface area contributed by atoms with Crippen LogP contribution >= 0.6 is 0 Å². The molecule has 0 saturated carbocycles.